The van der Waals surface area contributed by atoms with Crippen molar-refractivity contribution in [2.75, 3.05) is 12.8 Å². The fraction of sp³-hybridized carbons (Fsp3) is 0.600. The maximum atomic E-state index is 3.32. The first-order valence-corrected chi connectivity index (χ1v) is 7.37. The fourth-order valence-corrected chi connectivity index (χ4v) is 3.23. The summed E-state index contributed by atoms with van der Waals surface area (Å²) >= 11 is 1.96. The molecule has 0 bridgehead atoms. The van der Waals surface area contributed by atoms with Crippen molar-refractivity contribution in [2.45, 2.75) is 44.6 Å². The molecule has 1 unspecified atom stereocenters. The zero-order chi connectivity index (χ0) is 12.7. The molecule has 0 saturated heterocycles. The van der Waals surface area contributed by atoms with Crippen LogP contribution in [0.3, 0.4) is 0 Å². The van der Waals surface area contributed by atoms with E-state index < -0.39 is 0 Å². The monoisotopic (exact) mass is 251 g/mol. The maximum Gasteiger partial charge on any atom is 0.00719 e. The van der Waals surface area contributed by atoms with Crippen LogP contribution in [-0.2, 0) is 0 Å². The van der Waals surface area contributed by atoms with Gasteiger partial charge in [0.25, 0.3) is 0 Å². The number of hydrogen-bond acceptors (Lipinski definition) is 2. The lowest BCUT2D eigenvalue weighted by molar-refractivity contribution is 0.287. The van der Waals surface area contributed by atoms with Gasteiger partial charge in [-0.15, -0.1) is 11.8 Å². The summed E-state index contributed by atoms with van der Waals surface area (Å²) in [5.74, 6) is 1.20. The van der Waals surface area contributed by atoms with Gasteiger partial charge in [0.15, 0.2) is 0 Å². The van der Waals surface area contributed by atoms with E-state index >= 15 is 0 Å². The summed E-state index contributed by atoms with van der Waals surface area (Å²) in [5, 5.41) is 3.32. The molecule has 1 aromatic carbocycles. The quantitative estimate of drug-likeness (QED) is 0.729. The van der Waals surface area contributed by atoms with E-state index in [0.29, 0.717) is 11.5 Å². The van der Waals surface area contributed by atoms with Gasteiger partial charge in [-0.25, -0.2) is 0 Å². The second-order valence-electron chi connectivity index (χ2n) is 5.47. The highest BCUT2D eigenvalue weighted by Crippen LogP contribution is 2.30. The minimum Gasteiger partial charge on any atom is -0.317 e. The van der Waals surface area contributed by atoms with Crippen LogP contribution < -0.4 is 5.32 Å². The maximum absolute atomic E-state index is 3.32. The molecular formula is C15H25NS. The Morgan fingerprint density at radius 1 is 1.24 bits per heavy atom. The van der Waals surface area contributed by atoms with Crippen LogP contribution in [0.1, 0.15) is 33.6 Å². The third-order valence-corrected chi connectivity index (χ3v) is 4.16. The van der Waals surface area contributed by atoms with Crippen LogP contribution in [-0.4, -0.2) is 18.8 Å². The summed E-state index contributed by atoms with van der Waals surface area (Å²) in [6.07, 6.45) is 2.50. The Labute approximate surface area is 110 Å². The van der Waals surface area contributed by atoms with E-state index in [1.807, 2.05) is 18.8 Å². The van der Waals surface area contributed by atoms with Crippen molar-refractivity contribution in [3.63, 3.8) is 0 Å². The van der Waals surface area contributed by atoms with Crippen LogP contribution in [0.5, 0.6) is 0 Å². The summed E-state index contributed by atoms with van der Waals surface area (Å²) in [4.78, 5) is 1.38. The molecule has 0 aliphatic rings. The molecule has 1 aromatic rings. The average Bonchev–Trinajstić information content (AvgIpc) is 2.29. The summed E-state index contributed by atoms with van der Waals surface area (Å²) in [6.45, 7) is 6.99. The summed E-state index contributed by atoms with van der Waals surface area (Å²) in [6, 6.07) is 11.3. The van der Waals surface area contributed by atoms with E-state index in [1.165, 1.54) is 23.5 Å². The number of nitrogens with one attached hydrogen (secondary N) is 1. The molecule has 0 heterocycles. The van der Waals surface area contributed by atoms with Crippen LogP contribution >= 0.6 is 11.8 Å². The minimum atomic E-state index is 0.421. The summed E-state index contributed by atoms with van der Waals surface area (Å²) in [7, 11) is 2.04. The Kier molecular flexibility index (Phi) is 6.07. The number of thioether (sulfide) groups is 1. The summed E-state index contributed by atoms with van der Waals surface area (Å²) in [5.41, 5.74) is 0.421. The fourth-order valence-electron chi connectivity index (χ4n) is 1.99. The molecule has 96 valence electrons. The highest BCUT2D eigenvalue weighted by Gasteiger charge is 2.20. The van der Waals surface area contributed by atoms with E-state index in [0.717, 1.165) is 0 Å². The Morgan fingerprint density at radius 2 is 1.88 bits per heavy atom. The molecule has 0 aliphatic carbocycles. The van der Waals surface area contributed by atoms with Gasteiger partial charge >= 0.3 is 0 Å². The second-order valence-corrected chi connectivity index (χ2v) is 6.64. The van der Waals surface area contributed by atoms with Crippen LogP contribution in [0, 0.1) is 5.41 Å². The van der Waals surface area contributed by atoms with E-state index in [4.69, 9.17) is 0 Å². The molecule has 2 heteroatoms. The Bertz CT molecular complexity index is 308. The lowest BCUT2D eigenvalue weighted by Crippen LogP contribution is -2.28. The van der Waals surface area contributed by atoms with E-state index in [1.54, 1.807) is 0 Å². The van der Waals surface area contributed by atoms with Gasteiger partial charge in [0.1, 0.15) is 0 Å². The molecule has 0 saturated carbocycles. The molecule has 0 spiro atoms. The molecule has 0 fully saturated rings. The lowest BCUT2D eigenvalue weighted by atomic mass is 9.84. The molecule has 1 nitrogen and oxygen atoms in total. The molecule has 0 aromatic heterocycles. The number of benzene rings is 1. The van der Waals surface area contributed by atoms with Crippen LogP contribution in [0.4, 0.5) is 0 Å². The minimum absolute atomic E-state index is 0.421. The van der Waals surface area contributed by atoms with E-state index in [-0.39, 0.29) is 0 Å². The van der Waals surface area contributed by atoms with Crippen LogP contribution in [0.2, 0.25) is 0 Å². The lowest BCUT2D eigenvalue weighted by Gasteiger charge is -2.27. The van der Waals surface area contributed by atoms with Gasteiger partial charge in [0, 0.05) is 10.9 Å². The van der Waals surface area contributed by atoms with E-state index in [9.17, 15) is 0 Å². The van der Waals surface area contributed by atoms with Gasteiger partial charge < -0.3 is 5.32 Å². The van der Waals surface area contributed by atoms with Crippen molar-refractivity contribution >= 4 is 11.8 Å². The smallest absolute Gasteiger partial charge is 0.00719 e. The second kappa shape index (κ2) is 7.07. The van der Waals surface area contributed by atoms with Crippen molar-refractivity contribution < 1.29 is 0 Å². The number of hydrogen-bond donors (Lipinski definition) is 1. The molecule has 0 amide bonds. The molecule has 1 rings (SSSR count). The molecule has 0 radical (unpaired) electrons. The molecular weight excluding hydrogens is 226 g/mol. The largest absolute Gasteiger partial charge is 0.317 e. The SMILES string of the molecule is CNC(C)CC(C)(C)CCSc1ccccc1. The van der Waals surface area contributed by atoms with Gasteiger partial charge in [-0.1, -0.05) is 32.0 Å². The van der Waals surface area contributed by atoms with Crippen molar-refractivity contribution in [3.05, 3.63) is 30.3 Å². The molecule has 1 atom stereocenters. The first-order chi connectivity index (χ1) is 8.03. The Hall–Kier alpha value is -0.470. The van der Waals surface area contributed by atoms with Crippen LogP contribution in [0.15, 0.2) is 35.2 Å². The zero-order valence-electron chi connectivity index (χ0n) is 11.5. The van der Waals surface area contributed by atoms with Gasteiger partial charge in [-0.3, -0.25) is 0 Å². The Morgan fingerprint density at radius 3 is 2.47 bits per heavy atom. The van der Waals surface area contributed by atoms with Crippen molar-refractivity contribution in [3.8, 4) is 0 Å². The highest BCUT2D eigenvalue weighted by atomic mass is 32.2. The van der Waals surface area contributed by atoms with Gasteiger partial charge in [0.05, 0.1) is 0 Å². The van der Waals surface area contributed by atoms with Crippen molar-refractivity contribution in [1.29, 1.82) is 0 Å². The summed E-state index contributed by atoms with van der Waals surface area (Å²) < 4.78 is 0. The highest BCUT2D eigenvalue weighted by molar-refractivity contribution is 7.99. The molecule has 0 aliphatic heterocycles. The third-order valence-electron chi connectivity index (χ3n) is 3.14. The molecule has 17 heavy (non-hydrogen) atoms. The van der Waals surface area contributed by atoms with Crippen molar-refractivity contribution in [1.82, 2.24) is 5.32 Å². The average molecular weight is 251 g/mol. The predicted molar refractivity (Wildman–Crippen MR) is 78.7 cm³/mol. The van der Waals surface area contributed by atoms with Gasteiger partial charge in [-0.2, -0.15) is 0 Å². The zero-order valence-corrected chi connectivity index (χ0v) is 12.3. The third kappa shape index (κ3) is 6.13. The van der Waals surface area contributed by atoms with Gasteiger partial charge in [0.2, 0.25) is 0 Å². The first kappa shape index (κ1) is 14.6. The predicted octanol–water partition coefficient (Wildman–Crippen LogP) is 4.19. The molecule has 1 N–H and O–H groups in total. The van der Waals surface area contributed by atoms with Crippen LogP contribution in [0.25, 0.3) is 0 Å². The van der Waals surface area contributed by atoms with E-state index in [2.05, 4.69) is 56.4 Å². The number of rotatable bonds is 7. The topological polar surface area (TPSA) is 12.0 Å². The first-order valence-electron chi connectivity index (χ1n) is 6.38. The van der Waals surface area contributed by atoms with Crippen molar-refractivity contribution in [2.24, 2.45) is 5.41 Å². The standard InChI is InChI=1S/C15H25NS/c1-13(16-4)12-15(2,3)10-11-17-14-8-6-5-7-9-14/h5-9,13,16H,10-12H2,1-4H3. The Balaban J connectivity index is 2.30. The van der Waals surface area contributed by atoms with Gasteiger partial charge in [-0.05, 0) is 50.1 Å². The normalized spacial score (nSPS) is 13.6.